The molecule has 35 heavy (non-hydrogen) atoms. The molecule has 2 amide bonds. The van der Waals surface area contributed by atoms with Gasteiger partial charge in [-0.15, -0.1) is 11.8 Å². The van der Waals surface area contributed by atoms with Crippen molar-refractivity contribution in [1.29, 1.82) is 0 Å². The third-order valence-electron chi connectivity index (χ3n) is 4.70. The van der Waals surface area contributed by atoms with Crippen molar-refractivity contribution in [3.63, 3.8) is 0 Å². The van der Waals surface area contributed by atoms with E-state index in [4.69, 9.17) is 28.3 Å². The number of carbonyl (C=O) groups is 4. The molecule has 0 aliphatic rings. The van der Waals surface area contributed by atoms with Gasteiger partial charge in [-0.25, -0.2) is 9.59 Å². The van der Waals surface area contributed by atoms with E-state index in [1.54, 1.807) is 49.4 Å². The second-order valence-electron chi connectivity index (χ2n) is 7.23. The third kappa shape index (κ3) is 6.75. The predicted octanol–water partition coefficient (Wildman–Crippen LogP) is 5.76. The van der Waals surface area contributed by atoms with Crippen LogP contribution in [0.5, 0.6) is 0 Å². The van der Waals surface area contributed by atoms with Crippen LogP contribution in [0.2, 0.25) is 10.0 Å². The highest BCUT2D eigenvalue weighted by Gasteiger charge is 2.20. The van der Waals surface area contributed by atoms with Crippen molar-refractivity contribution >= 4 is 70.1 Å². The lowest BCUT2D eigenvalue weighted by molar-refractivity contribution is -0.115. The van der Waals surface area contributed by atoms with E-state index in [2.05, 4.69) is 10.6 Å². The Bertz CT molecular complexity index is 1330. The number of amides is 2. The number of carboxylic acid groups (broad SMARTS) is 2. The number of carboxylic acids is 2. The van der Waals surface area contributed by atoms with Crippen molar-refractivity contribution < 1.29 is 29.4 Å². The highest BCUT2D eigenvalue weighted by molar-refractivity contribution is 8.00. The maximum absolute atomic E-state index is 12.7. The summed E-state index contributed by atoms with van der Waals surface area (Å²) in [6.07, 6.45) is 0. The van der Waals surface area contributed by atoms with E-state index < -0.39 is 28.7 Å². The van der Waals surface area contributed by atoms with Crippen LogP contribution in [0.25, 0.3) is 0 Å². The number of hydrogen-bond acceptors (Lipinski definition) is 5. The van der Waals surface area contributed by atoms with Gasteiger partial charge in [0.2, 0.25) is 5.91 Å². The number of carbonyl (C=O) groups excluding carboxylic acids is 2. The summed E-state index contributed by atoms with van der Waals surface area (Å²) in [6.45, 7) is 1.71. The summed E-state index contributed by atoms with van der Waals surface area (Å²) in [6, 6.07) is 14.7. The Morgan fingerprint density at radius 1 is 0.800 bits per heavy atom. The quantitative estimate of drug-likeness (QED) is 0.271. The molecule has 1 atom stereocenters. The fourth-order valence-electron chi connectivity index (χ4n) is 2.97. The highest BCUT2D eigenvalue weighted by Crippen LogP contribution is 2.29. The molecule has 3 aromatic carbocycles. The molecule has 0 bridgehead atoms. The first-order valence-electron chi connectivity index (χ1n) is 9.99. The zero-order valence-corrected chi connectivity index (χ0v) is 20.4. The van der Waals surface area contributed by atoms with Crippen molar-refractivity contribution in [2.45, 2.75) is 17.1 Å². The van der Waals surface area contributed by atoms with Crippen molar-refractivity contribution in [1.82, 2.24) is 0 Å². The molecule has 1 unspecified atom stereocenters. The van der Waals surface area contributed by atoms with E-state index in [1.165, 1.54) is 11.8 Å². The number of rotatable bonds is 8. The smallest absolute Gasteiger partial charge is 0.336 e. The number of anilines is 2. The van der Waals surface area contributed by atoms with Crippen LogP contribution in [-0.2, 0) is 4.79 Å². The van der Waals surface area contributed by atoms with Crippen molar-refractivity contribution in [3.05, 3.63) is 87.4 Å². The summed E-state index contributed by atoms with van der Waals surface area (Å²) in [5.41, 5.74) is 0.0118. The van der Waals surface area contributed by atoms with Crippen LogP contribution in [0.4, 0.5) is 11.4 Å². The van der Waals surface area contributed by atoms with Gasteiger partial charge in [-0.2, -0.15) is 0 Å². The fourth-order valence-corrected chi connectivity index (χ4v) is 4.20. The molecule has 0 aliphatic carbocycles. The van der Waals surface area contributed by atoms with E-state index in [-0.39, 0.29) is 17.0 Å². The number of halogens is 2. The molecule has 0 fully saturated rings. The number of aromatic carboxylic acids is 2. The highest BCUT2D eigenvalue weighted by atomic mass is 35.5. The van der Waals surface area contributed by atoms with E-state index in [9.17, 15) is 24.3 Å². The Balaban J connectivity index is 1.70. The first kappa shape index (κ1) is 26.1. The van der Waals surface area contributed by atoms with Crippen LogP contribution >= 0.6 is 35.0 Å². The molecule has 3 aromatic rings. The average Bonchev–Trinajstić information content (AvgIpc) is 2.81. The minimum Gasteiger partial charge on any atom is -0.478 e. The summed E-state index contributed by atoms with van der Waals surface area (Å²) in [7, 11) is 0. The first-order chi connectivity index (χ1) is 16.5. The Labute approximate surface area is 214 Å². The molecule has 180 valence electrons. The monoisotopic (exact) mass is 532 g/mol. The Hall–Kier alpha value is -3.53. The second kappa shape index (κ2) is 11.3. The molecule has 0 radical (unpaired) electrons. The molecule has 0 saturated carbocycles. The summed E-state index contributed by atoms with van der Waals surface area (Å²) in [5, 5.41) is 24.0. The molecule has 0 aromatic heterocycles. The largest absolute Gasteiger partial charge is 0.478 e. The fraction of sp³-hybridized carbons (Fsp3) is 0.0833. The van der Waals surface area contributed by atoms with Crippen LogP contribution in [0, 0.1) is 0 Å². The number of hydrogen-bond donors (Lipinski definition) is 4. The summed E-state index contributed by atoms with van der Waals surface area (Å²) in [4.78, 5) is 48.6. The van der Waals surface area contributed by atoms with Gasteiger partial charge in [0.1, 0.15) is 0 Å². The Kier molecular flexibility index (Phi) is 8.39. The van der Waals surface area contributed by atoms with Gasteiger partial charge in [-0.3, -0.25) is 9.59 Å². The molecule has 0 heterocycles. The molecule has 3 rings (SSSR count). The SMILES string of the molecule is CC(Sc1cccc(NC(=O)c2ccc(C(=O)O)cc2C(=O)O)c1)C(=O)Nc1ccc(Cl)c(Cl)c1. The van der Waals surface area contributed by atoms with Gasteiger partial charge in [0.15, 0.2) is 0 Å². The Morgan fingerprint density at radius 3 is 2.17 bits per heavy atom. The lowest BCUT2D eigenvalue weighted by Gasteiger charge is -2.14. The zero-order chi connectivity index (χ0) is 25.7. The van der Waals surface area contributed by atoms with Crippen LogP contribution in [0.3, 0.4) is 0 Å². The maximum atomic E-state index is 12.7. The minimum absolute atomic E-state index is 0.185. The summed E-state index contributed by atoms with van der Waals surface area (Å²) >= 11 is 13.1. The topological polar surface area (TPSA) is 133 Å². The molecule has 11 heteroatoms. The maximum Gasteiger partial charge on any atom is 0.336 e. The van der Waals surface area contributed by atoms with Gasteiger partial charge in [0.25, 0.3) is 5.91 Å². The minimum atomic E-state index is -1.43. The van der Waals surface area contributed by atoms with Gasteiger partial charge in [0.05, 0.1) is 32.0 Å². The summed E-state index contributed by atoms with van der Waals surface area (Å²) < 4.78 is 0. The van der Waals surface area contributed by atoms with Gasteiger partial charge < -0.3 is 20.8 Å². The van der Waals surface area contributed by atoms with Crippen LogP contribution in [-0.4, -0.2) is 39.2 Å². The van der Waals surface area contributed by atoms with Crippen molar-refractivity contribution in [3.8, 4) is 0 Å². The average molecular weight is 533 g/mol. The van der Waals surface area contributed by atoms with Gasteiger partial charge in [-0.1, -0.05) is 29.3 Å². The first-order valence-corrected chi connectivity index (χ1v) is 11.6. The standard InChI is InChI=1S/C24H18Cl2N2O6S/c1-12(21(29)27-15-6-8-19(25)20(26)11-15)35-16-4-2-3-14(10-16)28-22(30)17-7-5-13(23(31)32)9-18(17)24(33)34/h2-12H,1H3,(H,27,29)(H,28,30)(H,31,32)(H,33,34). The van der Waals surface area contributed by atoms with Crippen LogP contribution < -0.4 is 10.6 Å². The second-order valence-corrected chi connectivity index (χ2v) is 9.46. The third-order valence-corrected chi connectivity index (χ3v) is 6.54. The molecular formula is C24H18Cl2N2O6S. The lowest BCUT2D eigenvalue weighted by atomic mass is 10.0. The van der Waals surface area contributed by atoms with Crippen LogP contribution in [0.1, 0.15) is 38.0 Å². The van der Waals surface area contributed by atoms with Gasteiger partial charge in [0, 0.05) is 16.3 Å². The normalized spacial score (nSPS) is 11.4. The van der Waals surface area contributed by atoms with Crippen molar-refractivity contribution in [2.75, 3.05) is 10.6 Å². The van der Waals surface area contributed by atoms with Crippen molar-refractivity contribution in [2.24, 2.45) is 0 Å². The summed E-state index contributed by atoms with van der Waals surface area (Å²) in [5.74, 6) is -3.72. The molecule has 0 spiro atoms. The molecular weight excluding hydrogens is 515 g/mol. The zero-order valence-electron chi connectivity index (χ0n) is 18.0. The molecule has 0 aliphatic heterocycles. The number of thioether (sulfide) groups is 1. The van der Waals surface area contributed by atoms with Gasteiger partial charge in [-0.05, 0) is 61.5 Å². The molecule has 0 saturated heterocycles. The Morgan fingerprint density at radius 2 is 1.51 bits per heavy atom. The molecule has 8 nitrogen and oxygen atoms in total. The van der Waals surface area contributed by atoms with E-state index in [0.717, 1.165) is 18.2 Å². The van der Waals surface area contributed by atoms with Gasteiger partial charge >= 0.3 is 11.9 Å². The van der Waals surface area contributed by atoms with E-state index >= 15 is 0 Å². The lowest BCUT2D eigenvalue weighted by Crippen LogP contribution is -2.22. The molecule has 4 N–H and O–H groups in total. The van der Waals surface area contributed by atoms with E-state index in [1.807, 2.05) is 0 Å². The number of benzene rings is 3. The number of nitrogens with one attached hydrogen (secondary N) is 2. The predicted molar refractivity (Wildman–Crippen MR) is 135 cm³/mol. The van der Waals surface area contributed by atoms with E-state index in [0.29, 0.717) is 26.3 Å². The van der Waals surface area contributed by atoms with Crippen LogP contribution in [0.15, 0.2) is 65.6 Å².